The summed E-state index contributed by atoms with van der Waals surface area (Å²) in [4.78, 5) is 17.9. The number of hydrogen-bond acceptors (Lipinski definition) is 5. The first-order valence-electron chi connectivity index (χ1n) is 7.86. The molecule has 2 aromatic heterocycles. The van der Waals surface area contributed by atoms with Crippen molar-refractivity contribution in [2.75, 3.05) is 25.6 Å². The topological polar surface area (TPSA) is 51.2 Å². The predicted octanol–water partition coefficient (Wildman–Crippen LogP) is 4.67. The number of anilines is 1. The molecule has 0 saturated heterocycles. The normalized spacial score (nSPS) is 11.4. The molecule has 1 N–H and O–H groups in total. The fourth-order valence-electron chi connectivity index (χ4n) is 2.92. The van der Waals surface area contributed by atoms with Crippen LogP contribution >= 0.6 is 22.9 Å². The summed E-state index contributed by atoms with van der Waals surface area (Å²) in [7, 11) is 1.66. The Morgan fingerprint density at radius 3 is 2.88 bits per heavy atom. The third kappa shape index (κ3) is 2.84. The first-order chi connectivity index (χ1) is 12.2. The maximum Gasteiger partial charge on any atom is 0.196 e. The monoisotopic (exact) mass is 370 g/mol. The van der Waals surface area contributed by atoms with Crippen molar-refractivity contribution in [2.45, 2.75) is 0 Å². The Kier molecular flexibility index (Phi) is 4.29. The van der Waals surface area contributed by atoms with Gasteiger partial charge in [-0.15, -0.1) is 11.3 Å². The molecule has 4 aromatic rings. The molecule has 126 valence electrons. The lowest BCUT2D eigenvalue weighted by Gasteiger charge is -2.11. The van der Waals surface area contributed by atoms with Gasteiger partial charge in [0.15, 0.2) is 5.43 Å². The highest BCUT2D eigenvalue weighted by Crippen LogP contribution is 2.34. The maximum atomic E-state index is 13.2. The van der Waals surface area contributed by atoms with Crippen LogP contribution in [0.25, 0.3) is 31.1 Å². The number of fused-ring (bicyclic) bond motifs is 4. The summed E-state index contributed by atoms with van der Waals surface area (Å²) in [5, 5.41) is 6.04. The molecule has 0 atom stereocenters. The van der Waals surface area contributed by atoms with Crippen LogP contribution in [0.5, 0.6) is 0 Å². The van der Waals surface area contributed by atoms with Crippen molar-refractivity contribution in [2.24, 2.45) is 0 Å². The van der Waals surface area contributed by atoms with Crippen molar-refractivity contribution in [1.82, 2.24) is 4.98 Å². The Balaban J connectivity index is 2.12. The minimum atomic E-state index is -0.0142. The third-order valence-electron chi connectivity index (χ3n) is 4.07. The smallest absolute Gasteiger partial charge is 0.196 e. The number of ether oxygens (including phenoxy) is 1. The number of para-hydroxylation sites is 1. The van der Waals surface area contributed by atoms with E-state index in [1.165, 1.54) is 0 Å². The van der Waals surface area contributed by atoms with Crippen LogP contribution in [-0.4, -0.2) is 25.2 Å². The summed E-state index contributed by atoms with van der Waals surface area (Å²) < 4.78 is 6.86. The number of nitrogens with zero attached hydrogens (tertiary/aromatic N) is 1. The molecule has 4 rings (SSSR count). The van der Waals surface area contributed by atoms with Gasteiger partial charge in [0.25, 0.3) is 0 Å². The molecular weight excluding hydrogens is 356 g/mol. The Labute approximate surface area is 153 Å². The van der Waals surface area contributed by atoms with E-state index >= 15 is 0 Å². The molecule has 0 amide bonds. The van der Waals surface area contributed by atoms with Gasteiger partial charge in [0.1, 0.15) is 5.82 Å². The fraction of sp³-hybridized carbons (Fsp3) is 0.158. The molecule has 0 bridgehead atoms. The molecule has 0 saturated carbocycles. The van der Waals surface area contributed by atoms with Crippen molar-refractivity contribution in [3.05, 3.63) is 57.7 Å². The SMILES string of the molecule is COCCNc1nc2ccccc2c2c(=O)c3cc(Cl)ccc3sc12. The van der Waals surface area contributed by atoms with Gasteiger partial charge in [-0.25, -0.2) is 4.98 Å². The van der Waals surface area contributed by atoms with Crippen molar-refractivity contribution >= 4 is 59.8 Å². The second kappa shape index (κ2) is 6.59. The van der Waals surface area contributed by atoms with Crippen molar-refractivity contribution in [3.63, 3.8) is 0 Å². The van der Waals surface area contributed by atoms with E-state index in [2.05, 4.69) is 5.32 Å². The van der Waals surface area contributed by atoms with E-state index in [0.717, 1.165) is 20.3 Å². The summed E-state index contributed by atoms with van der Waals surface area (Å²) in [6.45, 7) is 1.19. The molecule has 0 radical (unpaired) electrons. The number of hydrogen-bond donors (Lipinski definition) is 1. The molecule has 0 unspecified atom stereocenters. The van der Waals surface area contributed by atoms with Gasteiger partial charge in [-0.1, -0.05) is 29.8 Å². The number of benzene rings is 2. The highest BCUT2D eigenvalue weighted by molar-refractivity contribution is 7.25. The highest BCUT2D eigenvalue weighted by Gasteiger charge is 2.15. The standard InChI is InChI=1S/C19H15ClN2O2S/c1-24-9-8-21-19-18-16(12-4-2-3-5-14(12)22-19)17(23)13-10-11(20)6-7-15(13)25-18/h2-7,10H,8-9H2,1H3,(H,21,22). The summed E-state index contributed by atoms with van der Waals surface area (Å²) in [6.07, 6.45) is 0. The Morgan fingerprint density at radius 1 is 1.20 bits per heavy atom. The Bertz CT molecular complexity index is 1160. The molecule has 6 heteroatoms. The van der Waals surface area contributed by atoms with Gasteiger partial charge < -0.3 is 10.1 Å². The first kappa shape index (κ1) is 16.3. The summed E-state index contributed by atoms with van der Waals surface area (Å²) in [5.74, 6) is 0.713. The van der Waals surface area contributed by atoms with Crippen LogP contribution in [0.15, 0.2) is 47.3 Å². The van der Waals surface area contributed by atoms with Gasteiger partial charge in [-0.2, -0.15) is 0 Å². The molecule has 2 heterocycles. The predicted molar refractivity (Wildman–Crippen MR) is 106 cm³/mol. The molecule has 0 spiro atoms. The lowest BCUT2D eigenvalue weighted by atomic mass is 10.1. The molecule has 0 aliphatic carbocycles. The minimum absolute atomic E-state index is 0.0142. The first-order valence-corrected chi connectivity index (χ1v) is 9.06. The molecule has 0 aliphatic heterocycles. The second-order valence-corrected chi connectivity index (χ2v) is 7.16. The van der Waals surface area contributed by atoms with Gasteiger partial charge in [0.2, 0.25) is 0 Å². The second-order valence-electron chi connectivity index (χ2n) is 5.67. The van der Waals surface area contributed by atoms with E-state index in [0.29, 0.717) is 34.8 Å². The van der Waals surface area contributed by atoms with E-state index in [1.807, 2.05) is 30.3 Å². The van der Waals surface area contributed by atoms with Gasteiger partial charge in [-0.3, -0.25) is 4.79 Å². The number of pyridine rings is 1. The fourth-order valence-corrected chi connectivity index (χ4v) is 4.23. The average molecular weight is 371 g/mol. The number of aromatic nitrogens is 1. The van der Waals surface area contributed by atoms with Crippen LogP contribution < -0.4 is 10.7 Å². The van der Waals surface area contributed by atoms with Gasteiger partial charge in [0, 0.05) is 34.1 Å². The Morgan fingerprint density at radius 2 is 2.04 bits per heavy atom. The summed E-state index contributed by atoms with van der Waals surface area (Å²) in [6, 6.07) is 13.1. The van der Waals surface area contributed by atoms with E-state index in [4.69, 9.17) is 21.3 Å². The van der Waals surface area contributed by atoms with Crippen LogP contribution in [-0.2, 0) is 4.74 Å². The Hall–Kier alpha value is -2.21. The van der Waals surface area contributed by atoms with Crippen LogP contribution in [0.3, 0.4) is 0 Å². The molecule has 0 fully saturated rings. The van der Waals surface area contributed by atoms with Gasteiger partial charge in [0.05, 0.1) is 22.2 Å². The zero-order chi connectivity index (χ0) is 17.4. The van der Waals surface area contributed by atoms with Crippen LogP contribution in [0.4, 0.5) is 5.82 Å². The van der Waals surface area contributed by atoms with Gasteiger partial charge in [-0.05, 0) is 24.3 Å². The lowest BCUT2D eigenvalue weighted by molar-refractivity contribution is 0.210. The number of nitrogens with one attached hydrogen (secondary N) is 1. The zero-order valence-electron chi connectivity index (χ0n) is 13.5. The van der Waals surface area contributed by atoms with E-state index in [1.54, 1.807) is 30.6 Å². The summed E-state index contributed by atoms with van der Waals surface area (Å²) in [5.41, 5.74) is 0.778. The van der Waals surface area contributed by atoms with Crippen LogP contribution in [0.2, 0.25) is 5.02 Å². The van der Waals surface area contributed by atoms with E-state index < -0.39 is 0 Å². The van der Waals surface area contributed by atoms with Crippen LogP contribution in [0.1, 0.15) is 0 Å². The number of methoxy groups -OCH3 is 1. The quantitative estimate of drug-likeness (QED) is 0.322. The molecular formula is C19H15ClN2O2S. The van der Waals surface area contributed by atoms with E-state index in [9.17, 15) is 4.79 Å². The molecule has 25 heavy (non-hydrogen) atoms. The van der Waals surface area contributed by atoms with Crippen molar-refractivity contribution in [1.29, 1.82) is 0 Å². The number of rotatable bonds is 4. The molecule has 2 aromatic carbocycles. The van der Waals surface area contributed by atoms with Crippen molar-refractivity contribution < 1.29 is 4.74 Å². The molecule has 4 nitrogen and oxygen atoms in total. The third-order valence-corrected chi connectivity index (χ3v) is 5.48. The van der Waals surface area contributed by atoms with Crippen LogP contribution in [0, 0.1) is 0 Å². The minimum Gasteiger partial charge on any atom is -0.383 e. The highest BCUT2D eigenvalue weighted by atomic mass is 35.5. The maximum absolute atomic E-state index is 13.2. The summed E-state index contributed by atoms with van der Waals surface area (Å²) >= 11 is 7.65. The number of halogens is 1. The zero-order valence-corrected chi connectivity index (χ0v) is 15.1. The van der Waals surface area contributed by atoms with E-state index in [-0.39, 0.29) is 5.43 Å². The van der Waals surface area contributed by atoms with Gasteiger partial charge >= 0.3 is 0 Å². The largest absolute Gasteiger partial charge is 0.383 e. The lowest BCUT2D eigenvalue weighted by Crippen LogP contribution is -2.11. The molecule has 0 aliphatic rings. The average Bonchev–Trinajstić information content (AvgIpc) is 2.62. The van der Waals surface area contributed by atoms with Crippen molar-refractivity contribution in [3.8, 4) is 0 Å².